The first-order valence-electron chi connectivity index (χ1n) is 11.3. The van der Waals surface area contributed by atoms with Gasteiger partial charge in [0.25, 0.3) is 0 Å². The van der Waals surface area contributed by atoms with Gasteiger partial charge in [-0.15, -0.1) is 0 Å². The molecule has 1 aromatic rings. The summed E-state index contributed by atoms with van der Waals surface area (Å²) >= 11 is 0. The minimum Gasteiger partial charge on any atom is -0.508 e. The van der Waals surface area contributed by atoms with Gasteiger partial charge in [0.1, 0.15) is 23.9 Å². The molecule has 1 aliphatic rings. The Labute approximate surface area is 202 Å². The molecule has 0 aliphatic carbocycles. The first-order valence-corrected chi connectivity index (χ1v) is 11.3. The summed E-state index contributed by atoms with van der Waals surface area (Å²) in [6, 6.07) is 1.49. The number of nitrogens with one attached hydrogen (secondary N) is 4. The lowest BCUT2D eigenvalue weighted by molar-refractivity contribution is -0.147. The van der Waals surface area contributed by atoms with Crippen molar-refractivity contribution in [3.05, 3.63) is 29.8 Å². The lowest BCUT2D eigenvalue weighted by Gasteiger charge is -2.27. The van der Waals surface area contributed by atoms with Gasteiger partial charge < -0.3 is 36.6 Å². The fraction of sp³-hybridized carbons (Fsp3) is 0.522. The molecule has 12 heteroatoms. The number of carbonyl (C=O) groups excluding carboxylic acids is 3. The molecule has 2 rings (SSSR count). The van der Waals surface area contributed by atoms with Crippen molar-refractivity contribution < 1.29 is 39.3 Å². The van der Waals surface area contributed by atoms with Gasteiger partial charge in [0, 0.05) is 6.42 Å². The third kappa shape index (κ3) is 8.56. The molecule has 1 saturated heterocycles. The Morgan fingerprint density at radius 1 is 0.971 bits per heavy atom. The van der Waals surface area contributed by atoms with Gasteiger partial charge in [-0.25, -0.2) is 4.79 Å². The molecule has 4 atom stereocenters. The van der Waals surface area contributed by atoms with E-state index in [1.54, 1.807) is 13.8 Å². The molecule has 0 radical (unpaired) electrons. The van der Waals surface area contributed by atoms with Gasteiger partial charge >= 0.3 is 11.9 Å². The maximum Gasteiger partial charge on any atom is 0.326 e. The summed E-state index contributed by atoms with van der Waals surface area (Å²) in [7, 11) is 0. The number of rotatable bonds is 12. The maximum atomic E-state index is 13.1. The Hall–Kier alpha value is -3.67. The van der Waals surface area contributed by atoms with E-state index < -0.39 is 54.3 Å². The summed E-state index contributed by atoms with van der Waals surface area (Å²) in [6.45, 7) is 4.16. The van der Waals surface area contributed by atoms with Gasteiger partial charge in [-0.05, 0) is 43.0 Å². The lowest BCUT2D eigenvalue weighted by Crippen LogP contribution is -2.59. The molecular formula is C23H32N4O8. The third-order valence-electron chi connectivity index (χ3n) is 5.63. The van der Waals surface area contributed by atoms with Gasteiger partial charge in [0.05, 0.1) is 12.5 Å². The van der Waals surface area contributed by atoms with Crippen LogP contribution >= 0.6 is 0 Å². The summed E-state index contributed by atoms with van der Waals surface area (Å²) in [5, 5.41) is 38.2. The monoisotopic (exact) mass is 492 g/mol. The number of benzene rings is 1. The average molecular weight is 493 g/mol. The molecule has 0 bridgehead atoms. The summed E-state index contributed by atoms with van der Waals surface area (Å²) in [6.07, 6.45) is 0.567. The second-order valence-electron chi connectivity index (χ2n) is 8.81. The molecule has 0 aromatic heterocycles. The fourth-order valence-electron chi connectivity index (χ4n) is 3.68. The quantitative estimate of drug-likeness (QED) is 0.199. The predicted molar refractivity (Wildman–Crippen MR) is 123 cm³/mol. The standard InChI is InChI=1S/C23H32N4O8/c1-12(2)19(27-20(31)15-4-3-9-24-15)22(33)25-16(10-13-5-7-14(28)8-6-13)21(32)26-17(23(34)35)11-18(29)30/h5-8,12,15-17,19,24,28H,3-4,9-11H2,1-2H3,(H,25,33)(H,26,32)(H,27,31)(H,29,30)(H,34,35). The number of aromatic hydroxyl groups is 1. The molecule has 35 heavy (non-hydrogen) atoms. The van der Waals surface area contributed by atoms with E-state index in [2.05, 4.69) is 21.3 Å². The smallest absolute Gasteiger partial charge is 0.326 e. The second kappa shape index (κ2) is 12.7. The Bertz CT molecular complexity index is 928. The van der Waals surface area contributed by atoms with Crippen molar-refractivity contribution in [3.63, 3.8) is 0 Å². The van der Waals surface area contributed by atoms with Crippen LogP contribution in [0.3, 0.4) is 0 Å². The summed E-state index contributed by atoms with van der Waals surface area (Å²) in [4.78, 5) is 61.0. The number of carbonyl (C=O) groups is 5. The molecule has 1 aromatic carbocycles. The topological polar surface area (TPSA) is 194 Å². The first-order chi connectivity index (χ1) is 16.5. The number of hydrogen-bond acceptors (Lipinski definition) is 7. The van der Waals surface area contributed by atoms with E-state index in [1.807, 2.05) is 0 Å². The normalized spacial score (nSPS) is 17.7. The van der Waals surface area contributed by atoms with Crippen molar-refractivity contribution in [2.75, 3.05) is 6.54 Å². The Morgan fingerprint density at radius 3 is 2.11 bits per heavy atom. The van der Waals surface area contributed by atoms with Crippen molar-refractivity contribution in [1.29, 1.82) is 0 Å². The van der Waals surface area contributed by atoms with Crippen LogP contribution in [0.1, 0.15) is 38.7 Å². The third-order valence-corrected chi connectivity index (χ3v) is 5.63. The molecule has 192 valence electrons. The maximum absolute atomic E-state index is 13.1. The Kier molecular flexibility index (Phi) is 10.0. The van der Waals surface area contributed by atoms with E-state index in [-0.39, 0.29) is 24.0 Å². The van der Waals surface area contributed by atoms with Crippen LogP contribution in [0, 0.1) is 5.92 Å². The van der Waals surface area contributed by atoms with Crippen LogP contribution in [0.5, 0.6) is 5.75 Å². The number of aliphatic carboxylic acids is 2. The zero-order valence-corrected chi connectivity index (χ0v) is 19.6. The first kappa shape index (κ1) is 27.6. The molecule has 0 saturated carbocycles. The molecule has 7 N–H and O–H groups in total. The SMILES string of the molecule is CC(C)C(NC(=O)C1CCCN1)C(=O)NC(Cc1ccc(O)cc1)C(=O)NC(CC(=O)O)C(=O)O. The van der Waals surface area contributed by atoms with Crippen LogP contribution < -0.4 is 21.3 Å². The van der Waals surface area contributed by atoms with Crippen LogP contribution in [0.25, 0.3) is 0 Å². The van der Waals surface area contributed by atoms with Crippen LogP contribution in [-0.2, 0) is 30.4 Å². The predicted octanol–water partition coefficient (Wildman–Crippen LogP) is -0.644. The van der Waals surface area contributed by atoms with E-state index in [4.69, 9.17) is 5.11 Å². The fourth-order valence-corrected chi connectivity index (χ4v) is 3.68. The number of hydrogen-bond donors (Lipinski definition) is 7. The highest BCUT2D eigenvalue weighted by Gasteiger charge is 2.33. The number of phenolic OH excluding ortho intramolecular Hbond substituents is 1. The van der Waals surface area contributed by atoms with Crippen LogP contribution in [0.2, 0.25) is 0 Å². The number of carboxylic acid groups (broad SMARTS) is 2. The summed E-state index contributed by atoms with van der Waals surface area (Å²) in [5.74, 6) is -5.15. The van der Waals surface area contributed by atoms with Crippen LogP contribution in [-0.4, -0.2) is 75.7 Å². The number of amides is 3. The second-order valence-corrected chi connectivity index (χ2v) is 8.81. The average Bonchev–Trinajstić information content (AvgIpc) is 3.32. The molecule has 1 fully saturated rings. The van der Waals surface area contributed by atoms with Crippen molar-refractivity contribution >= 4 is 29.7 Å². The minimum absolute atomic E-state index is 0.00528. The zero-order valence-electron chi connectivity index (χ0n) is 19.6. The van der Waals surface area contributed by atoms with Gasteiger partial charge in [-0.2, -0.15) is 0 Å². The largest absolute Gasteiger partial charge is 0.508 e. The summed E-state index contributed by atoms with van der Waals surface area (Å²) in [5.41, 5.74) is 0.550. The molecule has 12 nitrogen and oxygen atoms in total. The summed E-state index contributed by atoms with van der Waals surface area (Å²) < 4.78 is 0. The van der Waals surface area contributed by atoms with E-state index in [0.717, 1.165) is 6.42 Å². The Morgan fingerprint density at radius 2 is 1.60 bits per heavy atom. The minimum atomic E-state index is -1.70. The molecule has 1 aliphatic heterocycles. The zero-order chi connectivity index (χ0) is 26.1. The highest BCUT2D eigenvalue weighted by Crippen LogP contribution is 2.13. The van der Waals surface area contributed by atoms with E-state index >= 15 is 0 Å². The molecule has 0 spiro atoms. The highest BCUT2D eigenvalue weighted by molar-refractivity contribution is 5.95. The van der Waals surface area contributed by atoms with Crippen molar-refractivity contribution in [1.82, 2.24) is 21.3 Å². The van der Waals surface area contributed by atoms with Gasteiger partial charge in [-0.1, -0.05) is 26.0 Å². The van der Waals surface area contributed by atoms with E-state index in [1.165, 1.54) is 24.3 Å². The molecule has 4 unspecified atom stereocenters. The molecule has 1 heterocycles. The van der Waals surface area contributed by atoms with Crippen LogP contribution in [0.4, 0.5) is 0 Å². The highest BCUT2D eigenvalue weighted by atomic mass is 16.4. The number of carboxylic acids is 2. The van der Waals surface area contributed by atoms with Crippen molar-refractivity contribution in [2.45, 2.75) is 63.7 Å². The molecule has 3 amide bonds. The van der Waals surface area contributed by atoms with Crippen LogP contribution in [0.15, 0.2) is 24.3 Å². The van der Waals surface area contributed by atoms with E-state index in [9.17, 15) is 34.2 Å². The van der Waals surface area contributed by atoms with Crippen molar-refractivity contribution in [2.24, 2.45) is 5.92 Å². The number of phenols is 1. The van der Waals surface area contributed by atoms with Crippen molar-refractivity contribution in [3.8, 4) is 5.75 Å². The van der Waals surface area contributed by atoms with Gasteiger partial charge in [-0.3, -0.25) is 19.2 Å². The Balaban J connectivity index is 2.21. The van der Waals surface area contributed by atoms with E-state index in [0.29, 0.717) is 18.5 Å². The molecular weight excluding hydrogens is 460 g/mol. The van der Waals surface area contributed by atoms with Gasteiger partial charge in [0.2, 0.25) is 17.7 Å². The van der Waals surface area contributed by atoms with Gasteiger partial charge in [0.15, 0.2) is 0 Å². The lowest BCUT2D eigenvalue weighted by atomic mass is 10.00.